The van der Waals surface area contributed by atoms with Crippen LogP contribution in [0.5, 0.6) is 0 Å². The van der Waals surface area contributed by atoms with Crippen molar-refractivity contribution in [2.24, 2.45) is 0 Å². The molecular formula is C26H31NO4S. The van der Waals surface area contributed by atoms with Crippen molar-refractivity contribution in [2.75, 3.05) is 23.8 Å². The maximum Gasteiger partial charge on any atom is 0.338 e. The summed E-state index contributed by atoms with van der Waals surface area (Å²) in [4.78, 5) is 39.2. The summed E-state index contributed by atoms with van der Waals surface area (Å²) in [5.41, 5.74) is 3.03. The van der Waals surface area contributed by atoms with Crippen LogP contribution in [-0.2, 0) is 16.0 Å². The molecule has 2 aromatic carbocycles. The Morgan fingerprint density at radius 1 is 0.969 bits per heavy atom. The molecule has 0 unspecified atom stereocenters. The molecule has 0 N–H and O–H groups in total. The van der Waals surface area contributed by atoms with Gasteiger partial charge in [-0.1, -0.05) is 38.3 Å². The summed E-state index contributed by atoms with van der Waals surface area (Å²) in [7, 11) is 0. The number of ketones is 1. The van der Waals surface area contributed by atoms with Crippen LogP contribution in [0.25, 0.3) is 0 Å². The monoisotopic (exact) mass is 453 g/mol. The van der Waals surface area contributed by atoms with E-state index in [0.717, 1.165) is 54.9 Å². The molecular weight excluding hydrogens is 422 g/mol. The van der Waals surface area contributed by atoms with E-state index < -0.39 is 5.91 Å². The Morgan fingerprint density at radius 2 is 1.75 bits per heavy atom. The summed E-state index contributed by atoms with van der Waals surface area (Å²) < 4.78 is 5.01. The summed E-state index contributed by atoms with van der Waals surface area (Å²) >= 11 is 1.69. The van der Waals surface area contributed by atoms with Gasteiger partial charge in [0.2, 0.25) is 0 Å². The van der Waals surface area contributed by atoms with E-state index >= 15 is 0 Å². The molecule has 0 spiro atoms. The van der Waals surface area contributed by atoms with Gasteiger partial charge in [0.15, 0.2) is 0 Å². The maximum absolute atomic E-state index is 12.4. The van der Waals surface area contributed by atoms with E-state index in [9.17, 15) is 14.4 Å². The van der Waals surface area contributed by atoms with Gasteiger partial charge in [-0.3, -0.25) is 9.59 Å². The number of hydrogen-bond acceptors (Lipinski definition) is 5. The van der Waals surface area contributed by atoms with Crippen molar-refractivity contribution in [3.63, 3.8) is 0 Å². The predicted molar refractivity (Wildman–Crippen MR) is 129 cm³/mol. The minimum atomic E-state index is -0.398. The molecule has 0 atom stereocenters. The van der Waals surface area contributed by atoms with Crippen molar-refractivity contribution < 1.29 is 19.1 Å². The van der Waals surface area contributed by atoms with Crippen molar-refractivity contribution in [1.82, 2.24) is 0 Å². The van der Waals surface area contributed by atoms with Crippen molar-refractivity contribution in [3.05, 3.63) is 59.2 Å². The Labute approximate surface area is 194 Å². The highest BCUT2D eigenvalue weighted by Crippen LogP contribution is 2.33. The number of carbonyl (C=O) groups is 3. The number of ether oxygens (including phenoxy) is 1. The van der Waals surface area contributed by atoms with Gasteiger partial charge in [0, 0.05) is 11.4 Å². The molecule has 3 rings (SSSR count). The summed E-state index contributed by atoms with van der Waals surface area (Å²) in [6.45, 7) is 4.93. The summed E-state index contributed by atoms with van der Waals surface area (Å²) in [6, 6.07) is 13.3. The number of hydrogen-bond donors (Lipinski definition) is 0. The molecule has 170 valence electrons. The lowest BCUT2D eigenvalue weighted by molar-refractivity contribution is -0.114. The van der Waals surface area contributed by atoms with Crippen LogP contribution < -0.4 is 4.90 Å². The minimum Gasteiger partial charge on any atom is -0.462 e. The average molecular weight is 454 g/mol. The molecule has 0 fully saturated rings. The molecule has 2 aromatic rings. The predicted octanol–water partition coefficient (Wildman–Crippen LogP) is 5.70. The van der Waals surface area contributed by atoms with Crippen molar-refractivity contribution in [2.45, 2.75) is 57.3 Å². The Hall–Kier alpha value is -2.60. The second-order valence-electron chi connectivity index (χ2n) is 7.89. The topological polar surface area (TPSA) is 63.7 Å². The molecule has 0 radical (unpaired) electrons. The number of carbonyl (C=O) groups excluding carboxylic acids is 3. The molecule has 0 aliphatic carbocycles. The van der Waals surface area contributed by atoms with Crippen LogP contribution in [0.4, 0.5) is 5.69 Å². The lowest BCUT2D eigenvalue weighted by Crippen LogP contribution is -2.30. The number of unbranched alkanes of at least 4 members (excludes halogenated alkanes) is 3. The highest BCUT2D eigenvalue weighted by atomic mass is 32.2. The van der Waals surface area contributed by atoms with Gasteiger partial charge < -0.3 is 9.64 Å². The molecule has 5 nitrogen and oxygen atoms in total. The molecule has 1 aliphatic rings. The molecule has 1 aliphatic heterocycles. The van der Waals surface area contributed by atoms with E-state index in [0.29, 0.717) is 24.3 Å². The summed E-state index contributed by atoms with van der Waals surface area (Å²) in [5.74, 6) is -0.176. The summed E-state index contributed by atoms with van der Waals surface area (Å²) in [5, 5.41) is 0. The molecule has 1 heterocycles. The first-order valence-corrected chi connectivity index (χ1v) is 12.4. The van der Waals surface area contributed by atoms with E-state index in [2.05, 4.69) is 6.92 Å². The first-order chi connectivity index (χ1) is 15.5. The molecule has 0 bridgehead atoms. The first-order valence-electron chi connectivity index (χ1n) is 11.4. The largest absolute Gasteiger partial charge is 0.462 e. The van der Waals surface area contributed by atoms with Gasteiger partial charge in [0.05, 0.1) is 23.4 Å². The van der Waals surface area contributed by atoms with Crippen molar-refractivity contribution >= 4 is 35.1 Å². The van der Waals surface area contributed by atoms with Gasteiger partial charge in [-0.15, -0.1) is 11.8 Å². The Balaban J connectivity index is 1.50. The number of fused-ring (bicyclic) bond motifs is 1. The quantitative estimate of drug-likeness (QED) is 0.179. The fourth-order valence-corrected chi connectivity index (χ4v) is 4.67. The third-order valence-electron chi connectivity index (χ3n) is 5.52. The van der Waals surface area contributed by atoms with E-state index in [1.165, 1.54) is 5.56 Å². The second kappa shape index (κ2) is 11.9. The minimum absolute atomic E-state index is 0.293. The maximum atomic E-state index is 12.4. The van der Waals surface area contributed by atoms with Gasteiger partial charge in [-0.2, -0.15) is 0 Å². The van der Waals surface area contributed by atoms with Crippen LogP contribution in [0.15, 0.2) is 47.4 Å². The number of aryl methyl sites for hydroxylation is 1. The van der Waals surface area contributed by atoms with Crippen molar-refractivity contribution in [3.8, 4) is 0 Å². The smallest absolute Gasteiger partial charge is 0.338 e. The number of amides is 1. The normalized spacial score (nSPS) is 12.9. The summed E-state index contributed by atoms with van der Waals surface area (Å²) in [6.07, 6.45) is 6.16. The van der Waals surface area contributed by atoms with Crippen molar-refractivity contribution in [1.29, 1.82) is 0 Å². The Morgan fingerprint density at radius 3 is 2.47 bits per heavy atom. The fraction of sp³-hybridized carbons (Fsp3) is 0.423. The van der Waals surface area contributed by atoms with Crippen LogP contribution in [0.2, 0.25) is 0 Å². The third kappa shape index (κ3) is 6.00. The number of anilines is 1. The number of benzene rings is 2. The standard InChI is InChI=1S/C26H31NO4S/c1-3-5-6-7-16-27-23-15-14-21(18-22(23)24(28)25(27)29)32-17-8-9-19-10-12-20(13-11-19)26(30)31-4-2/h10-15,18H,3-9,16-17H2,1-2H3. The number of nitrogens with zero attached hydrogens (tertiary/aromatic N) is 1. The van der Waals surface area contributed by atoms with Gasteiger partial charge in [0.25, 0.3) is 11.7 Å². The number of thioether (sulfide) groups is 1. The lowest BCUT2D eigenvalue weighted by Gasteiger charge is -2.16. The van der Waals surface area contributed by atoms with Gasteiger partial charge >= 0.3 is 5.97 Å². The molecule has 1 amide bonds. The van der Waals surface area contributed by atoms with E-state index in [-0.39, 0.29) is 11.8 Å². The van der Waals surface area contributed by atoms with Crippen LogP contribution in [0.1, 0.15) is 72.2 Å². The van der Waals surface area contributed by atoms with Crippen LogP contribution in [-0.4, -0.2) is 36.6 Å². The zero-order valence-electron chi connectivity index (χ0n) is 18.9. The number of rotatable bonds is 12. The van der Waals surface area contributed by atoms with Crippen LogP contribution in [0.3, 0.4) is 0 Å². The molecule has 0 saturated heterocycles. The van der Waals surface area contributed by atoms with E-state index in [1.54, 1.807) is 35.7 Å². The third-order valence-corrected chi connectivity index (χ3v) is 6.60. The van der Waals surface area contributed by atoms with Gasteiger partial charge in [-0.05, 0) is 67.8 Å². The van der Waals surface area contributed by atoms with Gasteiger partial charge in [0.1, 0.15) is 0 Å². The Kier molecular flexibility index (Phi) is 8.91. The molecule has 0 saturated carbocycles. The van der Waals surface area contributed by atoms with Crippen LogP contribution in [0, 0.1) is 0 Å². The average Bonchev–Trinajstić information content (AvgIpc) is 3.04. The van der Waals surface area contributed by atoms with E-state index in [4.69, 9.17) is 4.74 Å². The van der Waals surface area contributed by atoms with Crippen LogP contribution >= 0.6 is 11.8 Å². The fourth-order valence-electron chi connectivity index (χ4n) is 3.78. The second-order valence-corrected chi connectivity index (χ2v) is 9.06. The van der Waals surface area contributed by atoms with E-state index in [1.807, 2.05) is 30.3 Å². The zero-order chi connectivity index (χ0) is 22.9. The van der Waals surface area contributed by atoms with Gasteiger partial charge in [-0.25, -0.2) is 4.79 Å². The first kappa shape index (κ1) is 24.1. The molecule has 0 aromatic heterocycles. The highest BCUT2D eigenvalue weighted by Gasteiger charge is 2.35. The Bertz CT molecular complexity index is 955. The number of Topliss-reactive ketones (excluding diaryl/α,β-unsaturated/α-hetero) is 1. The highest BCUT2D eigenvalue weighted by molar-refractivity contribution is 7.99. The zero-order valence-corrected chi connectivity index (χ0v) is 19.7. The molecule has 32 heavy (non-hydrogen) atoms. The SMILES string of the molecule is CCCCCCN1C(=O)C(=O)c2cc(SCCCc3ccc(C(=O)OCC)cc3)ccc21. The number of esters is 1. The molecule has 6 heteroatoms. The lowest BCUT2D eigenvalue weighted by atomic mass is 10.1.